The first-order valence-electron chi connectivity index (χ1n) is 8.84. The molecule has 0 bridgehead atoms. The summed E-state index contributed by atoms with van der Waals surface area (Å²) in [6, 6.07) is 21.9. The molecule has 5 heteroatoms. The Morgan fingerprint density at radius 3 is 2.52 bits per heavy atom. The fraction of sp³-hybridized carbons (Fsp3) is 0.0909. The molecule has 1 aromatic heterocycles. The minimum Gasteiger partial charge on any atom is -0.334 e. The molecule has 0 spiro atoms. The molecule has 2 N–H and O–H groups in total. The number of fused-ring (bicyclic) bond motifs is 1. The van der Waals surface area contributed by atoms with E-state index in [1.54, 1.807) is 12.5 Å². The fourth-order valence-corrected chi connectivity index (χ4v) is 3.04. The summed E-state index contributed by atoms with van der Waals surface area (Å²) in [5.41, 5.74) is 3.05. The summed E-state index contributed by atoms with van der Waals surface area (Å²) in [5.74, 6) is 0. The summed E-state index contributed by atoms with van der Waals surface area (Å²) in [6.45, 7) is 1.26. The molecular formula is C22H20N4O. The van der Waals surface area contributed by atoms with Gasteiger partial charge in [0.25, 0.3) is 0 Å². The first kappa shape index (κ1) is 16.8. The van der Waals surface area contributed by atoms with Gasteiger partial charge in [0.2, 0.25) is 0 Å². The number of rotatable bonds is 5. The van der Waals surface area contributed by atoms with Gasteiger partial charge in [0.05, 0.1) is 12.0 Å². The van der Waals surface area contributed by atoms with Crippen molar-refractivity contribution in [1.82, 2.24) is 14.9 Å². The van der Waals surface area contributed by atoms with E-state index < -0.39 is 0 Å². The van der Waals surface area contributed by atoms with Crippen molar-refractivity contribution in [2.24, 2.45) is 0 Å². The van der Waals surface area contributed by atoms with Gasteiger partial charge in [-0.2, -0.15) is 0 Å². The van der Waals surface area contributed by atoms with Gasteiger partial charge in [-0.1, -0.05) is 60.7 Å². The molecule has 1 heterocycles. The Morgan fingerprint density at radius 1 is 0.926 bits per heavy atom. The monoisotopic (exact) mass is 356 g/mol. The Balaban J connectivity index is 1.35. The highest BCUT2D eigenvalue weighted by molar-refractivity contribution is 6.01. The molecule has 5 nitrogen and oxygen atoms in total. The lowest BCUT2D eigenvalue weighted by Gasteiger charge is -2.10. The maximum Gasteiger partial charge on any atom is 0.319 e. The number of carbonyl (C=O) groups is 1. The van der Waals surface area contributed by atoms with Crippen molar-refractivity contribution in [2.45, 2.75) is 13.1 Å². The highest BCUT2D eigenvalue weighted by Crippen LogP contribution is 2.22. The van der Waals surface area contributed by atoms with E-state index >= 15 is 0 Å². The predicted molar refractivity (Wildman–Crippen MR) is 108 cm³/mol. The van der Waals surface area contributed by atoms with E-state index in [1.165, 1.54) is 5.56 Å². The Hall–Kier alpha value is -3.60. The quantitative estimate of drug-likeness (QED) is 0.557. The molecule has 0 aliphatic rings. The van der Waals surface area contributed by atoms with Gasteiger partial charge in [-0.25, -0.2) is 9.78 Å². The minimum atomic E-state index is -0.214. The van der Waals surface area contributed by atoms with Crippen LogP contribution < -0.4 is 10.6 Å². The largest absolute Gasteiger partial charge is 0.334 e. The molecular weight excluding hydrogens is 336 g/mol. The number of imidazole rings is 1. The van der Waals surface area contributed by atoms with Crippen LogP contribution in [0.15, 0.2) is 85.5 Å². The van der Waals surface area contributed by atoms with Crippen LogP contribution in [0.2, 0.25) is 0 Å². The smallest absolute Gasteiger partial charge is 0.319 e. The third-order valence-corrected chi connectivity index (χ3v) is 4.44. The van der Waals surface area contributed by atoms with Crippen molar-refractivity contribution < 1.29 is 4.79 Å². The minimum absolute atomic E-state index is 0.214. The lowest BCUT2D eigenvalue weighted by atomic mass is 10.1. The van der Waals surface area contributed by atoms with Crippen LogP contribution in [0.1, 0.15) is 11.1 Å². The van der Waals surface area contributed by atoms with Crippen molar-refractivity contribution in [2.75, 3.05) is 5.32 Å². The van der Waals surface area contributed by atoms with Gasteiger partial charge >= 0.3 is 6.03 Å². The molecule has 134 valence electrons. The van der Waals surface area contributed by atoms with E-state index in [-0.39, 0.29) is 6.03 Å². The molecule has 4 rings (SSSR count). The number of hydrogen-bond acceptors (Lipinski definition) is 2. The topological polar surface area (TPSA) is 59.0 Å². The number of benzene rings is 3. The first-order valence-corrected chi connectivity index (χ1v) is 8.84. The molecule has 0 saturated carbocycles. The first-order chi connectivity index (χ1) is 13.3. The Labute approximate surface area is 157 Å². The molecule has 0 unspecified atom stereocenters. The van der Waals surface area contributed by atoms with Crippen LogP contribution in [0.4, 0.5) is 10.5 Å². The van der Waals surface area contributed by atoms with Crippen LogP contribution in [0, 0.1) is 0 Å². The number of hydrogen-bond donors (Lipinski definition) is 2. The van der Waals surface area contributed by atoms with Crippen molar-refractivity contribution in [3.8, 4) is 0 Å². The number of carbonyl (C=O) groups excluding carboxylic acids is 1. The zero-order chi connectivity index (χ0) is 18.5. The SMILES string of the molecule is O=C(NCc1ccc(Cn2ccnc2)cc1)Nc1cccc2ccccc12. The number of urea groups is 1. The molecule has 0 aliphatic carbocycles. The molecule has 4 aromatic rings. The highest BCUT2D eigenvalue weighted by atomic mass is 16.2. The molecule has 3 aromatic carbocycles. The normalized spacial score (nSPS) is 10.7. The van der Waals surface area contributed by atoms with Gasteiger partial charge in [0.1, 0.15) is 0 Å². The summed E-state index contributed by atoms with van der Waals surface area (Å²) < 4.78 is 2.02. The molecule has 2 amide bonds. The zero-order valence-electron chi connectivity index (χ0n) is 14.8. The number of nitrogens with zero attached hydrogens (tertiary/aromatic N) is 2. The van der Waals surface area contributed by atoms with Gasteiger partial charge in [0.15, 0.2) is 0 Å². The number of aromatic nitrogens is 2. The van der Waals surface area contributed by atoms with Crippen molar-refractivity contribution in [3.05, 3.63) is 96.6 Å². The van der Waals surface area contributed by atoms with Crippen LogP contribution >= 0.6 is 0 Å². The molecule has 0 atom stereocenters. The van der Waals surface area contributed by atoms with Crippen molar-refractivity contribution in [3.63, 3.8) is 0 Å². The van der Waals surface area contributed by atoms with Crippen LogP contribution in [0.25, 0.3) is 10.8 Å². The van der Waals surface area contributed by atoms with E-state index in [0.29, 0.717) is 6.54 Å². The molecule has 0 saturated heterocycles. The van der Waals surface area contributed by atoms with E-state index in [2.05, 4.69) is 27.8 Å². The second-order valence-electron chi connectivity index (χ2n) is 6.39. The van der Waals surface area contributed by atoms with Gasteiger partial charge in [-0.15, -0.1) is 0 Å². The van der Waals surface area contributed by atoms with Gasteiger partial charge in [0, 0.05) is 30.9 Å². The van der Waals surface area contributed by atoms with E-state index in [9.17, 15) is 4.79 Å². The summed E-state index contributed by atoms with van der Waals surface area (Å²) in [6.07, 6.45) is 5.51. The average Bonchev–Trinajstić information content (AvgIpc) is 3.21. The Morgan fingerprint density at radius 2 is 1.70 bits per heavy atom. The van der Waals surface area contributed by atoms with Crippen LogP contribution in [0.5, 0.6) is 0 Å². The van der Waals surface area contributed by atoms with Crippen LogP contribution in [0.3, 0.4) is 0 Å². The third-order valence-electron chi connectivity index (χ3n) is 4.44. The molecule has 0 radical (unpaired) electrons. The Bertz CT molecular complexity index is 1030. The number of amides is 2. The second-order valence-corrected chi connectivity index (χ2v) is 6.39. The summed E-state index contributed by atoms with van der Waals surface area (Å²) in [5, 5.41) is 7.98. The zero-order valence-corrected chi connectivity index (χ0v) is 14.8. The second kappa shape index (κ2) is 7.74. The van der Waals surface area contributed by atoms with Crippen molar-refractivity contribution in [1.29, 1.82) is 0 Å². The van der Waals surface area contributed by atoms with Crippen LogP contribution in [-0.2, 0) is 13.1 Å². The van der Waals surface area contributed by atoms with Gasteiger partial charge < -0.3 is 15.2 Å². The summed E-state index contributed by atoms with van der Waals surface area (Å²) in [7, 11) is 0. The predicted octanol–water partition coefficient (Wildman–Crippen LogP) is 4.41. The Kier molecular flexibility index (Phi) is 4.83. The van der Waals surface area contributed by atoms with Gasteiger partial charge in [-0.3, -0.25) is 0 Å². The van der Waals surface area contributed by atoms with Gasteiger partial charge in [-0.05, 0) is 22.6 Å². The van der Waals surface area contributed by atoms with Crippen LogP contribution in [-0.4, -0.2) is 15.6 Å². The molecule has 0 fully saturated rings. The summed E-state index contributed by atoms with van der Waals surface area (Å²) >= 11 is 0. The highest BCUT2D eigenvalue weighted by Gasteiger charge is 2.05. The fourth-order valence-electron chi connectivity index (χ4n) is 3.04. The lowest BCUT2D eigenvalue weighted by Crippen LogP contribution is -2.28. The lowest BCUT2D eigenvalue weighted by molar-refractivity contribution is 0.252. The molecule has 27 heavy (non-hydrogen) atoms. The maximum atomic E-state index is 12.3. The summed E-state index contributed by atoms with van der Waals surface area (Å²) in [4.78, 5) is 16.3. The maximum absolute atomic E-state index is 12.3. The molecule has 0 aliphatic heterocycles. The van der Waals surface area contributed by atoms with E-state index in [4.69, 9.17) is 0 Å². The standard InChI is InChI=1S/C22H20N4O/c27-22(25-21-7-3-5-19-4-1-2-6-20(19)21)24-14-17-8-10-18(11-9-17)15-26-13-12-23-16-26/h1-13,16H,14-15H2,(H2,24,25,27). The van der Waals surface area contributed by atoms with E-state index in [1.807, 2.05) is 65.4 Å². The number of anilines is 1. The van der Waals surface area contributed by atoms with E-state index in [0.717, 1.165) is 28.6 Å². The van der Waals surface area contributed by atoms with Crippen molar-refractivity contribution >= 4 is 22.5 Å². The third kappa shape index (κ3) is 4.15. The number of nitrogens with one attached hydrogen (secondary N) is 2. The average molecular weight is 356 g/mol.